The Labute approximate surface area is 113 Å². The van der Waals surface area contributed by atoms with Crippen LogP contribution in [0.25, 0.3) is 0 Å². The second kappa shape index (κ2) is 5.87. The van der Waals surface area contributed by atoms with Crippen molar-refractivity contribution in [3.05, 3.63) is 29.8 Å². The number of methoxy groups -OCH3 is 1. The lowest BCUT2D eigenvalue weighted by Gasteiger charge is -2.14. The van der Waals surface area contributed by atoms with Crippen LogP contribution < -0.4 is 4.74 Å². The molecule has 2 amide bonds. The van der Waals surface area contributed by atoms with E-state index in [-0.39, 0.29) is 24.2 Å². The maximum Gasteiger partial charge on any atom is 0.237 e. The Morgan fingerprint density at radius 1 is 1.37 bits per heavy atom. The highest BCUT2D eigenvalue weighted by atomic mass is 16.5. The number of imide groups is 1. The summed E-state index contributed by atoms with van der Waals surface area (Å²) in [5.41, 5.74) is 0.858. The summed E-state index contributed by atoms with van der Waals surface area (Å²) in [6.45, 7) is 2.58. The first kappa shape index (κ1) is 13.6. The van der Waals surface area contributed by atoms with Crippen LogP contribution in [0.15, 0.2) is 24.3 Å². The molecule has 1 aromatic rings. The third-order valence-electron chi connectivity index (χ3n) is 3.48. The van der Waals surface area contributed by atoms with Crippen LogP contribution in [0.1, 0.15) is 37.7 Å². The minimum atomic E-state index is -0.348. The maximum absolute atomic E-state index is 12.3. The van der Waals surface area contributed by atoms with Crippen LogP contribution in [0, 0.1) is 0 Å². The van der Waals surface area contributed by atoms with Crippen molar-refractivity contribution in [3.63, 3.8) is 0 Å². The Hall–Kier alpha value is -1.84. The fraction of sp³-hybridized carbons (Fsp3) is 0.467. The van der Waals surface area contributed by atoms with Crippen molar-refractivity contribution in [2.75, 3.05) is 13.7 Å². The highest BCUT2D eigenvalue weighted by Crippen LogP contribution is 2.31. The molecule has 1 aromatic carbocycles. The third kappa shape index (κ3) is 2.78. The third-order valence-corrected chi connectivity index (χ3v) is 3.48. The summed E-state index contributed by atoms with van der Waals surface area (Å²) in [6.07, 6.45) is 2.11. The lowest BCUT2D eigenvalue weighted by Crippen LogP contribution is -2.31. The van der Waals surface area contributed by atoms with E-state index in [0.29, 0.717) is 12.3 Å². The fourth-order valence-corrected chi connectivity index (χ4v) is 2.35. The van der Waals surface area contributed by atoms with Gasteiger partial charge in [0, 0.05) is 13.0 Å². The highest BCUT2D eigenvalue weighted by Gasteiger charge is 2.38. The monoisotopic (exact) mass is 261 g/mol. The van der Waals surface area contributed by atoms with Gasteiger partial charge in [-0.3, -0.25) is 14.5 Å². The molecule has 4 heteroatoms. The Kier molecular flexibility index (Phi) is 4.20. The Morgan fingerprint density at radius 2 is 2.16 bits per heavy atom. The van der Waals surface area contributed by atoms with Gasteiger partial charge in [-0.1, -0.05) is 25.5 Å². The predicted octanol–water partition coefficient (Wildman–Crippen LogP) is 2.34. The molecule has 1 heterocycles. The average molecular weight is 261 g/mol. The molecule has 4 nitrogen and oxygen atoms in total. The van der Waals surface area contributed by atoms with Crippen LogP contribution in [0.5, 0.6) is 5.75 Å². The molecule has 1 aliphatic rings. The summed E-state index contributed by atoms with van der Waals surface area (Å²) >= 11 is 0. The van der Waals surface area contributed by atoms with Crippen molar-refractivity contribution >= 4 is 11.8 Å². The van der Waals surface area contributed by atoms with E-state index in [1.165, 1.54) is 4.90 Å². The van der Waals surface area contributed by atoms with Gasteiger partial charge in [-0.05, 0) is 24.1 Å². The SMILES string of the molecule is CCCCN1C(=O)CC(c2cccc(OC)c2)C1=O. The van der Waals surface area contributed by atoms with Crippen molar-refractivity contribution in [1.82, 2.24) is 4.90 Å². The van der Waals surface area contributed by atoms with Crippen molar-refractivity contribution in [3.8, 4) is 5.75 Å². The fourth-order valence-electron chi connectivity index (χ4n) is 2.35. The first-order chi connectivity index (χ1) is 9.17. The van der Waals surface area contributed by atoms with Crippen LogP contribution in [-0.4, -0.2) is 30.4 Å². The molecule has 0 bridgehead atoms. The number of rotatable bonds is 5. The van der Waals surface area contributed by atoms with Crippen LogP contribution >= 0.6 is 0 Å². The molecule has 19 heavy (non-hydrogen) atoms. The molecule has 1 unspecified atom stereocenters. The molecule has 0 saturated carbocycles. The molecule has 1 atom stereocenters. The smallest absolute Gasteiger partial charge is 0.237 e. The van der Waals surface area contributed by atoms with E-state index in [1.54, 1.807) is 7.11 Å². The normalized spacial score (nSPS) is 19.1. The molecule has 0 aromatic heterocycles. The molecule has 0 aliphatic carbocycles. The van der Waals surface area contributed by atoms with Crippen LogP contribution in [-0.2, 0) is 9.59 Å². The number of benzene rings is 1. The summed E-state index contributed by atoms with van der Waals surface area (Å²) in [6, 6.07) is 7.39. The Balaban J connectivity index is 2.17. The summed E-state index contributed by atoms with van der Waals surface area (Å²) in [4.78, 5) is 25.6. The number of carbonyl (C=O) groups is 2. The van der Waals surface area contributed by atoms with Crippen LogP contribution in [0.4, 0.5) is 0 Å². The molecule has 0 radical (unpaired) electrons. The molecular formula is C15H19NO3. The number of likely N-dealkylation sites (tertiary alicyclic amines) is 1. The quantitative estimate of drug-likeness (QED) is 0.764. The number of carbonyl (C=O) groups excluding carboxylic acids is 2. The van der Waals surface area contributed by atoms with E-state index in [1.807, 2.05) is 31.2 Å². The van der Waals surface area contributed by atoms with Gasteiger partial charge >= 0.3 is 0 Å². The molecule has 1 saturated heterocycles. The van der Waals surface area contributed by atoms with E-state index < -0.39 is 0 Å². The largest absolute Gasteiger partial charge is 0.497 e. The van der Waals surface area contributed by atoms with Crippen LogP contribution in [0.2, 0.25) is 0 Å². The lowest BCUT2D eigenvalue weighted by atomic mass is 9.97. The van der Waals surface area contributed by atoms with Gasteiger partial charge in [-0.25, -0.2) is 0 Å². The number of nitrogens with zero attached hydrogens (tertiary/aromatic N) is 1. The summed E-state index contributed by atoms with van der Waals surface area (Å²) < 4.78 is 5.16. The molecule has 0 spiro atoms. The van der Waals surface area contributed by atoms with Crippen molar-refractivity contribution in [1.29, 1.82) is 0 Å². The van der Waals surface area contributed by atoms with Gasteiger partial charge < -0.3 is 4.74 Å². The van der Waals surface area contributed by atoms with E-state index in [4.69, 9.17) is 4.74 Å². The highest BCUT2D eigenvalue weighted by molar-refractivity contribution is 6.06. The van der Waals surface area contributed by atoms with Gasteiger partial charge in [0.2, 0.25) is 11.8 Å². The minimum Gasteiger partial charge on any atom is -0.497 e. The van der Waals surface area contributed by atoms with Crippen LogP contribution in [0.3, 0.4) is 0 Å². The Morgan fingerprint density at radius 3 is 2.84 bits per heavy atom. The first-order valence-corrected chi connectivity index (χ1v) is 6.65. The zero-order valence-corrected chi connectivity index (χ0v) is 11.4. The zero-order valence-electron chi connectivity index (χ0n) is 11.4. The van der Waals surface area contributed by atoms with Crippen molar-refractivity contribution < 1.29 is 14.3 Å². The summed E-state index contributed by atoms with van der Waals surface area (Å²) in [5, 5.41) is 0. The lowest BCUT2D eigenvalue weighted by molar-refractivity contribution is -0.138. The average Bonchev–Trinajstić information content (AvgIpc) is 2.72. The van der Waals surface area contributed by atoms with E-state index in [0.717, 1.165) is 18.4 Å². The standard InChI is InChI=1S/C15H19NO3/c1-3-4-8-16-14(17)10-13(15(16)18)11-6-5-7-12(9-11)19-2/h5-7,9,13H,3-4,8,10H2,1-2H3. The van der Waals surface area contributed by atoms with Gasteiger partial charge in [-0.2, -0.15) is 0 Å². The van der Waals surface area contributed by atoms with Crippen molar-refractivity contribution in [2.45, 2.75) is 32.1 Å². The second-order valence-corrected chi connectivity index (χ2v) is 4.77. The molecular weight excluding hydrogens is 242 g/mol. The van der Waals surface area contributed by atoms with Gasteiger partial charge in [0.15, 0.2) is 0 Å². The summed E-state index contributed by atoms with van der Waals surface area (Å²) in [7, 11) is 1.59. The molecule has 1 aliphatic heterocycles. The van der Waals surface area contributed by atoms with E-state index in [2.05, 4.69) is 0 Å². The summed E-state index contributed by atoms with van der Waals surface area (Å²) in [5.74, 6) is 0.224. The zero-order chi connectivity index (χ0) is 13.8. The number of unbranched alkanes of at least 4 members (excludes halogenated alkanes) is 1. The number of amides is 2. The van der Waals surface area contributed by atoms with E-state index in [9.17, 15) is 9.59 Å². The minimum absolute atomic E-state index is 0.0636. The van der Waals surface area contributed by atoms with Gasteiger partial charge in [0.05, 0.1) is 13.0 Å². The number of hydrogen-bond donors (Lipinski definition) is 0. The number of ether oxygens (including phenoxy) is 1. The second-order valence-electron chi connectivity index (χ2n) is 4.77. The van der Waals surface area contributed by atoms with E-state index >= 15 is 0 Å². The molecule has 1 fully saturated rings. The molecule has 102 valence electrons. The number of hydrogen-bond acceptors (Lipinski definition) is 3. The first-order valence-electron chi connectivity index (χ1n) is 6.65. The topological polar surface area (TPSA) is 46.6 Å². The predicted molar refractivity (Wildman–Crippen MR) is 72.0 cm³/mol. The van der Waals surface area contributed by atoms with Gasteiger partial charge in [-0.15, -0.1) is 0 Å². The van der Waals surface area contributed by atoms with Gasteiger partial charge in [0.1, 0.15) is 5.75 Å². The molecule has 2 rings (SSSR count). The maximum atomic E-state index is 12.3. The van der Waals surface area contributed by atoms with Crippen molar-refractivity contribution in [2.24, 2.45) is 0 Å². The Bertz CT molecular complexity index is 484. The van der Waals surface area contributed by atoms with Gasteiger partial charge in [0.25, 0.3) is 0 Å². The molecule has 0 N–H and O–H groups in total.